The predicted octanol–water partition coefficient (Wildman–Crippen LogP) is 3.44. The van der Waals surface area contributed by atoms with Crippen LogP contribution in [0.2, 0.25) is 0 Å². The van der Waals surface area contributed by atoms with Crippen molar-refractivity contribution in [3.8, 4) is 5.75 Å². The largest absolute Gasteiger partial charge is 0.494 e. The van der Waals surface area contributed by atoms with E-state index >= 15 is 0 Å². The van der Waals surface area contributed by atoms with Gasteiger partial charge < -0.3 is 14.5 Å². The first-order valence-corrected chi connectivity index (χ1v) is 9.61. The fraction of sp³-hybridized carbons (Fsp3) is 0.318. The van der Waals surface area contributed by atoms with E-state index in [0.717, 1.165) is 23.5 Å². The molecule has 0 saturated heterocycles. The highest BCUT2D eigenvalue weighted by Crippen LogP contribution is 2.14. The van der Waals surface area contributed by atoms with Crippen molar-refractivity contribution >= 4 is 17.3 Å². The monoisotopic (exact) mass is 379 g/mol. The van der Waals surface area contributed by atoms with Crippen molar-refractivity contribution in [1.29, 1.82) is 0 Å². The van der Waals surface area contributed by atoms with E-state index in [9.17, 15) is 9.59 Å². The van der Waals surface area contributed by atoms with Gasteiger partial charge in [0.25, 0.3) is 0 Å². The van der Waals surface area contributed by atoms with Crippen LogP contribution in [0.25, 0.3) is 5.65 Å². The van der Waals surface area contributed by atoms with Crippen LogP contribution in [0.3, 0.4) is 0 Å². The molecule has 0 aliphatic rings. The lowest BCUT2D eigenvalue weighted by Crippen LogP contribution is -2.26. The van der Waals surface area contributed by atoms with Gasteiger partial charge in [0.15, 0.2) is 5.78 Å². The zero-order valence-electron chi connectivity index (χ0n) is 16.1. The Morgan fingerprint density at radius 1 is 1.11 bits per heavy atom. The molecule has 0 aliphatic carbocycles. The molecule has 0 unspecified atom stereocenters. The van der Waals surface area contributed by atoms with Gasteiger partial charge in [-0.25, -0.2) is 4.98 Å². The summed E-state index contributed by atoms with van der Waals surface area (Å²) in [5.74, 6) is 0.584. The van der Waals surface area contributed by atoms with E-state index < -0.39 is 0 Å². The second kappa shape index (κ2) is 9.69. The summed E-state index contributed by atoms with van der Waals surface area (Å²) in [5, 5.41) is 2.85. The molecule has 28 heavy (non-hydrogen) atoms. The number of hydrogen-bond acceptors (Lipinski definition) is 4. The van der Waals surface area contributed by atoms with Gasteiger partial charge in [0.05, 0.1) is 12.3 Å². The van der Waals surface area contributed by atoms with Gasteiger partial charge >= 0.3 is 0 Å². The number of imidazole rings is 1. The molecule has 1 aromatic carbocycles. The lowest BCUT2D eigenvalue weighted by molar-refractivity contribution is -0.121. The van der Waals surface area contributed by atoms with Crippen molar-refractivity contribution in [3.05, 3.63) is 66.1 Å². The Morgan fingerprint density at radius 2 is 1.93 bits per heavy atom. The van der Waals surface area contributed by atoms with Gasteiger partial charge in [0, 0.05) is 43.8 Å². The molecule has 1 amide bonds. The number of ether oxygens (including phenoxy) is 1. The molecule has 0 aliphatic heterocycles. The summed E-state index contributed by atoms with van der Waals surface area (Å²) in [5.41, 5.74) is 2.41. The zero-order valence-corrected chi connectivity index (χ0v) is 16.1. The number of carbonyl (C=O) groups excluding carboxylic acids is 2. The van der Waals surface area contributed by atoms with Gasteiger partial charge in [-0.1, -0.05) is 13.0 Å². The van der Waals surface area contributed by atoms with E-state index in [4.69, 9.17) is 4.74 Å². The van der Waals surface area contributed by atoms with Crippen LogP contribution in [0, 0.1) is 0 Å². The smallest absolute Gasteiger partial charge is 0.220 e. The maximum atomic E-state index is 12.2. The number of benzene rings is 1. The Bertz CT molecular complexity index is 899. The first-order chi connectivity index (χ1) is 13.7. The molecular formula is C22H25N3O3. The number of Topliss-reactive ketones (excluding diaryl/α,β-unsaturated/α-hetero) is 1. The first-order valence-electron chi connectivity index (χ1n) is 9.61. The Kier molecular flexibility index (Phi) is 6.78. The van der Waals surface area contributed by atoms with Crippen molar-refractivity contribution in [1.82, 2.24) is 14.7 Å². The Balaban J connectivity index is 1.39. The number of fused-ring (bicyclic) bond motifs is 1. The molecule has 6 heteroatoms. The van der Waals surface area contributed by atoms with Gasteiger partial charge in [-0.05, 0) is 42.8 Å². The van der Waals surface area contributed by atoms with E-state index in [1.807, 2.05) is 41.9 Å². The lowest BCUT2D eigenvalue weighted by atomic mass is 10.1. The SMILES string of the molecule is CCCOc1ccc(C(=O)CCC(=O)NCCc2cn3ccccc3n2)cc1. The molecule has 0 spiro atoms. The standard InChI is InChI=1S/C22H25N3O3/c1-2-15-28-19-8-6-17(7-9-19)20(26)10-11-22(27)23-13-12-18-16-25-14-4-3-5-21(25)24-18/h3-9,14,16H,2,10-13,15H2,1H3,(H,23,27). The molecule has 3 rings (SSSR count). The van der Waals surface area contributed by atoms with Crippen molar-refractivity contribution in [3.63, 3.8) is 0 Å². The van der Waals surface area contributed by atoms with Gasteiger partial charge in [-0.3, -0.25) is 9.59 Å². The number of amides is 1. The van der Waals surface area contributed by atoms with E-state index in [1.165, 1.54) is 0 Å². The average Bonchev–Trinajstić information content (AvgIpc) is 3.13. The maximum absolute atomic E-state index is 12.2. The highest BCUT2D eigenvalue weighted by Gasteiger charge is 2.10. The number of nitrogens with zero attached hydrogens (tertiary/aromatic N) is 2. The molecule has 0 radical (unpaired) electrons. The van der Waals surface area contributed by atoms with E-state index in [2.05, 4.69) is 10.3 Å². The molecule has 1 N–H and O–H groups in total. The summed E-state index contributed by atoms with van der Waals surface area (Å²) >= 11 is 0. The first kappa shape index (κ1) is 19.6. The topological polar surface area (TPSA) is 72.7 Å². The number of nitrogens with one attached hydrogen (secondary N) is 1. The minimum absolute atomic E-state index is 0.0439. The van der Waals surface area contributed by atoms with Gasteiger partial charge in [0.2, 0.25) is 5.91 Å². The van der Waals surface area contributed by atoms with Gasteiger partial charge in [-0.15, -0.1) is 0 Å². The van der Waals surface area contributed by atoms with Crippen LogP contribution in [-0.2, 0) is 11.2 Å². The third-order valence-electron chi connectivity index (χ3n) is 4.35. The highest BCUT2D eigenvalue weighted by atomic mass is 16.5. The number of pyridine rings is 1. The van der Waals surface area contributed by atoms with Crippen molar-refractivity contribution < 1.29 is 14.3 Å². The van der Waals surface area contributed by atoms with Crippen LogP contribution in [0.5, 0.6) is 5.75 Å². The van der Waals surface area contributed by atoms with Crippen LogP contribution in [0.4, 0.5) is 0 Å². The van der Waals surface area contributed by atoms with Gasteiger partial charge in [-0.2, -0.15) is 0 Å². The molecule has 0 atom stereocenters. The van der Waals surface area contributed by atoms with E-state index in [0.29, 0.717) is 25.1 Å². The average molecular weight is 379 g/mol. The number of ketones is 1. The van der Waals surface area contributed by atoms with Crippen molar-refractivity contribution in [2.75, 3.05) is 13.2 Å². The molecule has 0 fully saturated rings. The van der Waals surface area contributed by atoms with E-state index in [-0.39, 0.29) is 24.5 Å². The lowest BCUT2D eigenvalue weighted by Gasteiger charge is -2.06. The minimum Gasteiger partial charge on any atom is -0.494 e. The van der Waals surface area contributed by atoms with Gasteiger partial charge in [0.1, 0.15) is 11.4 Å². The molecular weight excluding hydrogens is 354 g/mol. The molecule has 146 valence electrons. The normalized spacial score (nSPS) is 10.8. The molecule has 0 saturated carbocycles. The van der Waals surface area contributed by atoms with E-state index in [1.54, 1.807) is 24.3 Å². The summed E-state index contributed by atoms with van der Waals surface area (Å²) < 4.78 is 7.46. The van der Waals surface area contributed by atoms with Crippen molar-refractivity contribution in [2.45, 2.75) is 32.6 Å². The molecule has 2 aromatic heterocycles. The summed E-state index contributed by atoms with van der Waals surface area (Å²) in [6.45, 7) is 3.20. The third kappa shape index (κ3) is 5.42. The fourth-order valence-electron chi connectivity index (χ4n) is 2.85. The molecule has 3 aromatic rings. The Morgan fingerprint density at radius 3 is 2.68 bits per heavy atom. The summed E-state index contributed by atoms with van der Waals surface area (Å²) in [4.78, 5) is 28.7. The minimum atomic E-state index is -0.125. The zero-order chi connectivity index (χ0) is 19.8. The Hall–Kier alpha value is -3.15. The molecule has 0 bridgehead atoms. The third-order valence-corrected chi connectivity index (χ3v) is 4.35. The second-order valence-corrected chi connectivity index (χ2v) is 6.59. The molecule has 2 heterocycles. The maximum Gasteiger partial charge on any atom is 0.220 e. The summed E-state index contributed by atoms with van der Waals surface area (Å²) in [7, 11) is 0. The Labute approximate surface area is 164 Å². The predicted molar refractivity (Wildman–Crippen MR) is 108 cm³/mol. The number of aromatic nitrogens is 2. The van der Waals surface area contributed by atoms with Crippen LogP contribution < -0.4 is 10.1 Å². The van der Waals surface area contributed by atoms with Crippen LogP contribution in [-0.4, -0.2) is 34.2 Å². The summed E-state index contributed by atoms with van der Waals surface area (Å²) in [6.07, 6.45) is 5.86. The summed E-state index contributed by atoms with van der Waals surface area (Å²) in [6, 6.07) is 12.9. The highest BCUT2D eigenvalue weighted by molar-refractivity contribution is 5.98. The fourth-order valence-corrected chi connectivity index (χ4v) is 2.85. The molecule has 6 nitrogen and oxygen atoms in total. The van der Waals surface area contributed by atoms with Crippen LogP contribution in [0.1, 0.15) is 42.2 Å². The number of hydrogen-bond donors (Lipinski definition) is 1. The van der Waals surface area contributed by atoms with Crippen molar-refractivity contribution in [2.24, 2.45) is 0 Å². The van der Waals surface area contributed by atoms with Crippen LogP contribution in [0.15, 0.2) is 54.9 Å². The quantitative estimate of drug-likeness (QED) is 0.548. The second-order valence-electron chi connectivity index (χ2n) is 6.59. The van der Waals surface area contributed by atoms with Crippen LogP contribution >= 0.6 is 0 Å². The number of carbonyl (C=O) groups is 2. The number of rotatable bonds is 10.